The van der Waals surface area contributed by atoms with E-state index in [0.717, 1.165) is 24.3 Å². The van der Waals surface area contributed by atoms with Crippen molar-refractivity contribution in [3.8, 4) is 17.2 Å². The lowest BCUT2D eigenvalue weighted by Gasteiger charge is -2.15. The van der Waals surface area contributed by atoms with Gasteiger partial charge in [-0.2, -0.15) is 0 Å². The maximum atomic E-state index is 12.6. The van der Waals surface area contributed by atoms with E-state index in [4.69, 9.17) is 26.4 Å². The molecular formula is C28H32N2O4S. The summed E-state index contributed by atoms with van der Waals surface area (Å²) in [6.07, 6.45) is 4.61. The molecule has 0 aliphatic carbocycles. The molecule has 0 aliphatic rings. The molecule has 35 heavy (non-hydrogen) atoms. The smallest absolute Gasteiger partial charge is 0.257 e. The number of ether oxygens (including phenoxy) is 3. The molecule has 0 heterocycles. The SMILES string of the molecule is CCCCCCOc1ccc(C(=O)NC(=S)Nc2ccccc2OCCOc2ccccc2)cc1. The number of rotatable bonds is 13. The molecule has 3 aromatic carbocycles. The molecule has 2 N–H and O–H groups in total. The van der Waals surface area contributed by atoms with Crippen LogP contribution in [0.4, 0.5) is 5.69 Å². The molecule has 0 bridgehead atoms. The van der Waals surface area contributed by atoms with E-state index < -0.39 is 0 Å². The van der Waals surface area contributed by atoms with Gasteiger partial charge in [0.05, 0.1) is 12.3 Å². The minimum Gasteiger partial charge on any atom is -0.494 e. The van der Waals surface area contributed by atoms with Crippen LogP contribution in [0.15, 0.2) is 78.9 Å². The molecule has 1 amide bonds. The van der Waals surface area contributed by atoms with Gasteiger partial charge < -0.3 is 19.5 Å². The molecule has 0 fully saturated rings. The maximum Gasteiger partial charge on any atom is 0.257 e. The molecule has 0 aromatic heterocycles. The van der Waals surface area contributed by atoms with Crippen LogP contribution < -0.4 is 24.8 Å². The van der Waals surface area contributed by atoms with Gasteiger partial charge in [-0.05, 0) is 67.2 Å². The minimum absolute atomic E-state index is 0.183. The Morgan fingerprint density at radius 2 is 1.40 bits per heavy atom. The number of thiocarbonyl (C=S) groups is 1. The van der Waals surface area contributed by atoms with Crippen molar-refractivity contribution in [2.24, 2.45) is 0 Å². The lowest BCUT2D eigenvalue weighted by molar-refractivity contribution is 0.0977. The number of para-hydroxylation sites is 3. The summed E-state index contributed by atoms with van der Waals surface area (Å²) in [5, 5.41) is 5.92. The van der Waals surface area contributed by atoms with E-state index >= 15 is 0 Å². The first kappa shape index (κ1) is 26.0. The molecule has 3 rings (SSSR count). The summed E-state index contributed by atoms with van der Waals surface area (Å²) in [6.45, 7) is 3.62. The van der Waals surface area contributed by atoms with Crippen molar-refractivity contribution >= 4 is 28.9 Å². The van der Waals surface area contributed by atoms with E-state index in [0.29, 0.717) is 36.8 Å². The summed E-state index contributed by atoms with van der Waals surface area (Å²) in [7, 11) is 0. The fourth-order valence-electron chi connectivity index (χ4n) is 3.27. The highest BCUT2D eigenvalue weighted by Crippen LogP contribution is 2.23. The third kappa shape index (κ3) is 9.29. The van der Waals surface area contributed by atoms with Gasteiger partial charge in [0.1, 0.15) is 30.5 Å². The number of benzene rings is 3. The van der Waals surface area contributed by atoms with Crippen molar-refractivity contribution in [1.29, 1.82) is 0 Å². The predicted molar refractivity (Wildman–Crippen MR) is 144 cm³/mol. The summed E-state index contributed by atoms with van der Waals surface area (Å²) in [6, 6.07) is 24.0. The van der Waals surface area contributed by atoms with Gasteiger partial charge in [-0.1, -0.05) is 56.5 Å². The average molecular weight is 493 g/mol. The Balaban J connectivity index is 1.44. The standard InChI is InChI=1S/C28H32N2O4S/c1-2-3-4-10-19-32-24-17-15-22(16-18-24)27(31)30-28(35)29-25-13-8-9-14-26(25)34-21-20-33-23-11-6-5-7-12-23/h5-9,11-18H,2-4,10,19-21H2,1H3,(H2,29,30,31,35). The first-order valence-electron chi connectivity index (χ1n) is 11.9. The van der Waals surface area contributed by atoms with E-state index in [1.165, 1.54) is 12.8 Å². The van der Waals surface area contributed by atoms with Crippen molar-refractivity contribution in [1.82, 2.24) is 5.32 Å². The molecule has 0 radical (unpaired) electrons. The Hall–Kier alpha value is -3.58. The fourth-order valence-corrected chi connectivity index (χ4v) is 3.48. The van der Waals surface area contributed by atoms with E-state index in [1.54, 1.807) is 24.3 Å². The second kappa shape index (κ2) is 14.6. The van der Waals surface area contributed by atoms with Crippen LogP contribution in [0, 0.1) is 0 Å². The van der Waals surface area contributed by atoms with Gasteiger partial charge in [-0.3, -0.25) is 10.1 Å². The summed E-state index contributed by atoms with van der Waals surface area (Å²) in [5.74, 6) is 1.85. The molecule has 0 atom stereocenters. The van der Waals surface area contributed by atoms with Crippen LogP contribution in [0.5, 0.6) is 17.2 Å². The second-order valence-corrected chi connectivity index (χ2v) is 8.26. The largest absolute Gasteiger partial charge is 0.494 e. The first-order valence-corrected chi connectivity index (χ1v) is 12.3. The van der Waals surface area contributed by atoms with Crippen LogP contribution in [0.2, 0.25) is 0 Å². The highest BCUT2D eigenvalue weighted by Gasteiger charge is 2.10. The van der Waals surface area contributed by atoms with E-state index in [2.05, 4.69) is 17.6 Å². The number of anilines is 1. The summed E-state index contributed by atoms with van der Waals surface area (Å²) >= 11 is 5.34. The van der Waals surface area contributed by atoms with Crippen molar-refractivity contribution in [2.75, 3.05) is 25.1 Å². The number of amides is 1. The Labute approximate surface area is 212 Å². The van der Waals surface area contributed by atoms with E-state index in [-0.39, 0.29) is 11.0 Å². The Morgan fingerprint density at radius 1 is 0.743 bits per heavy atom. The number of hydrogen-bond acceptors (Lipinski definition) is 5. The molecule has 184 valence electrons. The van der Waals surface area contributed by atoms with Gasteiger partial charge in [0, 0.05) is 5.56 Å². The normalized spacial score (nSPS) is 10.3. The van der Waals surface area contributed by atoms with Gasteiger partial charge in [0.15, 0.2) is 5.11 Å². The molecule has 0 spiro atoms. The first-order chi connectivity index (χ1) is 17.2. The van der Waals surface area contributed by atoms with Crippen molar-refractivity contribution in [2.45, 2.75) is 32.6 Å². The van der Waals surface area contributed by atoms with Crippen molar-refractivity contribution < 1.29 is 19.0 Å². The summed E-state index contributed by atoms with van der Waals surface area (Å²) < 4.78 is 17.2. The third-order valence-corrected chi connectivity index (χ3v) is 5.30. The molecular weight excluding hydrogens is 460 g/mol. The lowest BCUT2D eigenvalue weighted by atomic mass is 10.2. The maximum absolute atomic E-state index is 12.6. The van der Waals surface area contributed by atoms with Gasteiger partial charge in [-0.15, -0.1) is 0 Å². The van der Waals surface area contributed by atoms with Crippen LogP contribution >= 0.6 is 12.2 Å². The van der Waals surface area contributed by atoms with E-state index in [1.807, 2.05) is 54.6 Å². The number of carbonyl (C=O) groups excluding carboxylic acids is 1. The van der Waals surface area contributed by atoms with Crippen LogP contribution in [0.1, 0.15) is 43.0 Å². The molecule has 3 aromatic rings. The van der Waals surface area contributed by atoms with Crippen LogP contribution in [0.3, 0.4) is 0 Å². The molecule has 7 heteroatoms. The molecule has 0 unspecified atom stereocenters. The fraction of sp³-hybridized carbons (Fsp3) is 0.286. The lowest BCUT2D eigenvalue weighted by Crippen LogP contribution is -2.34. The molecule has 6 nitrogen and oxygen atoms in total. The topological polar surface area (TPSA) is 68.8 Å². The third-order valence-electron chi connectivity index (χ3n) is 5.10. The Bertz CT molecular complexity index is 1060. The van der Waals surface area contributed by atoms with Crippen LogP contribution in [-0.2, 0) is 0 Å². The van der Waals surface area contributed by atoms with Crippen molar-refractivity contribution in [3.05, 3.63) is 84.4 Å². The zero-order valence-corrected chi connectivity index (χ0v) is 20.8. The molecule has 0 aliphatic heterocycles. The van der Waals surface area contributed by atoms with Gasteiger partial charge in [0.25, 0.3) is 5.91 Å². The summed E-state index contributed by atoms with van der Waals surface area (Å²) in [5.41, 5.74) is 1.15. The highest BCUT2D eigenvalue weighted by molar-refractivity contribution is 7.80. The molecule has 0 saturated heterocycles. The molecule has 0 saturated carbocycles. The number of nitrogens with one attached hydrogen (secondary N) is 2. The average Bonchev–Trinajstić information content (AvgIpc) is 2.88. The van der Waals surface area contributed by atoms with Gasteiger partial charge in [-0.25, -0.2) is 0 Å². The number of unbranched alkanes of at least 4 members (excludes halogenated alkanes) is 3. The van der Waals surface area contributed by atoms with Crippen molar-refractivity contribution in [3.63, 3.8) is 0 Å². The zero-order valence-electron chi connectivity index (χ0n) is 20.0. The summed E-state index contributed by atoms with van der Waals surface area (Å²) in [4.78, 5) is 12.6. The minimum atomic E-state index is -0.299. The number of hydrogen-bond donors (Lipinski definition) is 2. The second-order valence-electron chi connectivity index (χ2n) is 7.85. The number of carbonyl (C=O) groups is 1. The zero-order chi connectivity index (χ0) is 24.7. The van der Waals surface area contributed by atoms with Crippen LogP contribution in [0.25, 0.3) is 0 Å². The predicted octanol–water partition coefficient (Wildman–Crippen LogP) is 6.23. The van der Waals surface area contributed by atoms with Gasteiger partial charge >= 0.3 is 0 Å². The Morgan fingerprint density at radius 3 is 2.17 bits per heavy atom. The highest BCUT2D eigenvalue weighted by atomic mass is 32.1. The Kier molecular flexibility index (Phi) is 10.9. The van der Waals surface area contributed by atoms with Crippen LogP contribution in [-0.4, -0.2) is 30.8 Å². The van der Waals surface area contributed by atoms with E-state index in [9.17, 15) is 4.79 Å². The monoisotopic (exact) mass is 492 g/mol. The quantitative estimate of drug-likeness (QED) is 0.218. The van der Waals surface area contributed by atoms with Gasteiger partial charge in [0.2, 0.25) is 0 Å².